The fourth-order valence-corrected chi connectivity index (χ4v) is 3.03. The van der Waals surface area contributed by atoms with Crippen molar-refractivity contribution in [3.05, 3.63) is 75.2 Å². The van der Waals surface area contributed by atoms with Gasteiger partial charge < -0.3 is 4.74 Å². The molecule has 0 saturated heterocycles. The van der Waals surface area contributed by atoms with Gasteiger partial charge in [0.2, 0.25) is 5.90 Å². The van der Waals surface area contributed by atoms with Crippen molar-refractivity contribution in [1.29, 1.82) is 0 Å². The largest absolute Gasteiger partial charge is 0.475 e. The molecule has 0 atom stereocenters. The molecule has 0 spiro atoms. The summed E-state index contributed by atoms with van der Waals surface area (Å²) in [6, 6.07) is 12.8. The normalized spacial score (nSPS) is 12.2. The lowest BCUT2D eigenvalue weighted by atomic mass is 10.1. The number of hydrogen-bond donors (Lipinski definition) is 0. The molecule has 1 aromatic heterocycles. The van der Waals surface area contributed by atoms with Gasteiger partial charge in [0.05, 0.1) is 11.4 Å². The smallest absolute Gasteiger partial charge is 0.368 e. The maximum atomic E-state index is 12.3. The molecule has 3 rings (SSSR count). The number of nitrogens with zero attached hydrogens (tertiary/aromatic N) is 6. The SMILES string of the molecule is CC/C(=N\N=C(/C)c1ccc(C(C)=O)cc1)OCc1c(C)cccc1-n1nnn(C)c1=O. The van der Waals surface area contributed by atoms with Crippen LogP contribution in [0.3, 0.4) is 0 Å². The highest BCUT2D eigenvalue weighted by Gasteiger charge is 2.14. The lowest BCUT2D eigenvalue weighted by molar-refractivity contribution is 0.101. The molecule has 0 bridgehead atoms. The molecule has 9 heteroatoms. The molecule has 0 aliphatic rings. The molecule has 0 unspecified atom stereocenters. The van der Waals surface area contributed by atoms with E-state index >= 15 is 0 Å². The van der Waals surface area contributed by atoms with Crippen LogP contribution in [0.5, 0.6) is 0 Å². The zero-order valence-corrected chi connectivity index (χ0v) is 18.9. The van der Waals surface area contributed by atoms with E-state index in [9.17, 15) is 9.59 Å². The molecule has 9 nitrogen and oxygen atoms in total. The van der Waals surface area contributed by atoms with Crippen LogP contribution in [-0.4, -0.2) is 37.2 Å². The van der Waals surface area contributed by atoms with E-state index in [1.165, 1.54) is 16.3 Å². The molecule has 2 aromatic carbocycles. The number of aryl methyl sites for hydroxylation is 2. The first-order valence-corrected chi connectivity index (χ1v) is 10.2. The number of hydrogen-bond acceptors (Lipinski definition) is 7. The first-order chi connectivity index (χ1) is 15.3. The van der Waals surface area contributed by atoms with Gasteiger partial charge in [-0.15, -0.1) is 5.10 Å². The van der Waals surface area contributed by atoms with Crippen molar-refractivity contribution in [2.75, 3.05) is 0 Å². The summed E-state index contributed by atoms with van der Waals surface area (Å²) in [5.41, 5.74) is 4.28. The lowest BCUT2D eigenvalue weighted by Gasteiger charge is -2.13. The van der Waals surface area contributed by atoms with Gasteiger partial charge in [-0.05, 0) is 48.4 Å². The van der Waals surface area contributed by atoms with Gasteiger partial charge in [-0.3, -0.25) is 4.79 Å². The topological polar surface area (TPSA) is 104 Å². The van der Waals surface area contributed by atoms with Crippen LogP contribution in [0.25, 0.3) is 5.69 Å². The average Bonchev–Trinajstić information content (AvgIpc) is 3.12. The third kappa shape index (κ3) is 5.05. The van der Waals surface area contributed by atoms with Gasteiger partial charge >= 0.3 is 5.69 Å². The quantitative estimate of drug-likeness (QED) is 0.246. The Morgan fingerprint density at radius 3 is 2.31 bits per heavy atom. The van der Waals surface area contributed by atoms with E-state index in [0.29, 0.717) is 29.3 Å². The Morgan fingerprint density at radius 2 is 1.72 bits per heavy atom. The van der Waals surface area contributed by atoms with Crippen LogP contribution in [0.4, 0.5) is 0 Å². The minimum Gasteiger partial charge on any atom is -0.475 e. The fraction of sp³-hybridized carbons (Fsp3) is 0.304. The number of ether oxygens (including phenoxy) is 1. The van der Waals surface area contributed by atoms with E-state index in [-0.39, 0.29) is 18.1 Å². The van der Waals surface area contributed by atoms with Crippen molar-refractivity contribution >= 4 is 17.4 Å². The molecule has 0 aliphatic heterocycles. The monoisotopic (exact) mass is 434 g/mol. The fourth-order valence-electron chi connectivity index (χ4n) is 3.03. The molecule has 3 aromatic rings. The number of ketones is 1. The number of aromatic nitrogens is 4. The Bertz CT molecular complexity index is 1240. The Kier molecular flexibility index (Phi) is 7.09. The van der Waals surface area contributed by atoms with Crippen LogP contribution >= 0.6 is 0 Å². The summed E-state index contributed by atoms with van der Waals surface area (Å²) in [5.74, 6) is 0.482. The molecule has 0 N–H and O–H groups in total. The number of carbonyl (C=O) groups is 1. The highest BCUT2D eigenvalue weighted by Crippen LogP contribution is 2.18. The third-order valence-corrected chi connectivity index (χ3v) is 5.04. The first-order valence-electron chi connectivity index (χ1n) is 10.2. The molecule has 32 heavy (non-hydrogen) atoms. The van der Waals surface area contributed by atoms with Gasteiger partial charge in [0.25, 0.3) is 0 Å². The Morgan fingerprint density at radius 1 is 1.03 bits per heavy atom. The highest BCUT2D eigenvalue weighted by molar-refractivity contribution is 6.00. The van der Waals surface area contributed by atoms with E-state index in [4.69, 9.17) is 4.74 Å². The summed E-state index contributed by atoms with van der Waals surface area (Å²) in [5, 5.41) is 16.3. The Hall–Kier alpha value is -3.88. The van der Waals surface area contributed by atoms with E-state index in [2.05, 4.69) is 20.6 Å². The van der Waals surface area contributed by atoms with Gasteiger partial charge in [-0.1, -0.05) is 43.3 Å². The molecule has 0 saturated carbocycles. The van der Waals surface area contributed by atoms with E-state index < -0.39 is 0 Å². The van der Waals surface area contributed by atoms with Gasteiger partial charge in [0.1, 0.15) is 6.61 Å². The summed E-state index contributed by atoms with van der Waals surface area (Å²) >= 11 is 0. The summed E-state index contributed by atoms with van der Waals surface area (Å²) in [6.45, 7) is 7.46. The van der Waals surface area contributed by atoms with Crippen LogP contribution < -0.4 is 5.69 Å². The number of rotatable bonds is 7. The maximum absolute atomic E-state index is 12.3. The lowest BCUT2D eigenvalue weighted by Crippen LogP contribution is -2.23. The zero-order valence-electron chi connectivity index (χ0n) is 18.9. The van der Waals surface area contributed by atoms with Crippen LogP contribution in [0.1, 0.15) is 54.2 Å². The second-order valence-electron chi connectivity index (χ2n) is 7.32. The molecule has 0 fully saturated rings. The maximum Gasteiger partial charge on any atom is 0.368 e. The average molecular weight is 435 g/mol. The van der Waals surface area contributed by atoms with Crippen molar-refractivity contribution in [3.8, 4) is 5.69 Å². The van der Waals surface area contributed by atoms with Gasteiger partial charge in [-0.2, -0.15) is 14.5 Å². The minimum absolute atomic E-state index is 0.0187. The standard InChI is InChI=1S/C23H26N6O3/c1-6-22(25-24-16(3)18-10-12-19(13-11-18)17(4)30)32-14-20-15(2)8-7-9-21(20)29-23(31)28(5)26-27-29/h7-13H,6,14H2,1-5H3/b24-16+,25-22+. The molecular weight excluding hydrogens is 408 g/mol. The number of benzene rings is 2. The minimum atomic E-state index is -0.336. The number of tetrazole rings is 1. The van der Waals surface area contributed by atoms with Crippen molar-refractivity contribution in [2.24, 2.45) is 17.3 Å². The van der Waals surface area contributed by atoms with Crippen molar-refractivity contribution < 1.29 is 9.53 Å². The van der Waals surface area contributed by atoms with Crippen molar-refractivity contribution in [3.63, 3.8) is 0 Å². The summed E-state index contributed by atoms with van der Waals surface area (Å²) in [4.78, 5) is 23.7. The van der Waals surface area contributed by atoms with E-state index in [1.807, 2.05) is 45.0 Å². The summed E-state index contributed by atoms with van der Waals surface area (Å²) in [7, 11) is 1.55. The molecule has 0 radical (unpaired) electrons. The molecule has 166 valence electrons. The summed E-state index contributed by atoms with van der Waals surface area (Å²) in [6.07, 6.45) is 0.548. The van der Waals surface area contributed by atoms with Crippen LogP contribution in [-0.2, 0) is 18.4 Å². The third-order valence-electron chi connectivity index (χ3n) is 5.04. The molecule has 1 heterocycles. The van der Waals surface area contributed by atoms with Crippen LogP contribution in [0.2, 0.25) is 0 Å². The first kappa shape index (κ1) is 22.8. The molecule has 0 aliphatic carbocycles. The van der Waals surface area contributed by atoms with E-state index in [1.54, 1.807) is 25.2 Å². The van der Waals surface area contributed by atoms with Gasteiger partial charge in [0, 0.05) is 24.6 Å². The second-order valence-corrected chi connectivity index (χ2v) is 7.32. The van der Waals surface area contributed by atoms with Gasteiger partial charge in [-0.25, -0.2) is 4.79 Å². The second kappa shape index (κ2) is 9.95. The summed E-state index contributed by atoms with van der Waals surface area (Å²) < 4.78 is 8.36. The highest BCUT2D eigenvalue weighted by atomic mass is 16.5. The Labute approximate surface area is 186 Å². The molecular formula is C23H26N6O3. The number of carbonyl (C=O) groups excluding carboxylic acids is 1. The van der Waals surface area contributed by atoms with Gasteiger partial charge in [0.15, 0.2) is 5.78 Å². The number of Topliss-reactive ketones (excluding diaryl/α,β-unsaturated/α-hetero) is 1. The Balaban J connectivity index is 1.80. The molecule has 0 amide bonds. The predicted molar refractivity (Wildman–Crippen MR) is 123 cm³/mol. The predicted octanol–water partition coefficient (Wildman–Crippen LogP) is 3.23. The van der Waals surface area contributed by atoms with E-state index in [0.717, 1.165) is 16.7 Å². The van der Waals surface area contributed by atoms with Crippen molar-refractivity contribution in [2.45, 2.75) is 40.7 Å². The van der Waals surface area contributed by atoms with Crippen molar-refractivity contribution in [1.82, 2.24) is 19.8 Å². The van der Waals surface area contributed by atoms with Crippen LogP contribution in [0.15, 0.2) is 57.5 Å². The zero-order chi connectivity index (χ0) is 23.3. The van der Waals surface area contributed by atoms with Crippen LogP contribution in [0, 0.1) is 6.92 Å².